The molecule has 24 heavy (non-hydrogen) atoms. The van der Waals surface area contributed by atoms with Crippen LogP contribution in [0.4, 0.5) is 5.82 Å². The summed E-state index contributed by atoms with van der Waals surface area (Å²) in [5.74, 6) is 0.885. The molecule has 122 valence electrons. The summed E-state index contributed by atoms with van der Waals surface area (Å²) in [7, 11) is 1.61. The highest BCUT2D eigenvalue weighted by Crippen LogP contribution is 2.29. The van der Waals surface area contributed by atoms with E-state index < -0.39 is 0 Å². The number of hydrogen-bond acceptors (Lipinski definition) is 5. The number of methoxy groups -OCH3 is 1. The molecule has 1 amide bonds. The van der Waals surface area contributed by atoms with Crippen LogP contribution in [0.5, 0.6) is 5.75 Å². The number of aryl methyl sites for hydroxylation is 1. The first-order valence-electron chi connectivity index (χ1n) is 7.48. The zero-order valence-corrected chi connectivity index (χ0v) is 13.4. The molecule has 0 aliphatic heterocycles. The molecule has 1 heterocycles. The van der Waals surface area contributed by atoms with Crippen LogP contribution < -0.4 is 10.1 Å². The molecule has 0 spiro atoms. The van der Waals surface area contributed by atoms with Crippen molar-refractivity contribution in [3.63, 3.8) is 0 Å². The third kappa shape index (κ3) is 3.43. The van der Waals surface area contributed by atoms with Crippen molar-refractivity contribution in [1.29, 1.82) is 0 Å². The summed E-state index contributed by atoms with van der Waals surface area (Å²) < 4.78 is 10.0. The zero-order chi connectivity index (χ0) is 16.9. The topological polar surface area (TPSA) is 77.2 Å². The second kappa shape index (κ2) is 6.95. The highest BCUT2D eigenvalue weighted by molar-refractivity contribution is 5.94. The highest BCUT2D eigenvalue weighted by atomic mass is 16.6. The van der Waals surface area contributed by atoms with Gasteiger partial charge in [-0.1, -0.05) is 30.3 Å². The second-order valence-corrected chi connectivity index (χ2v) is 5.35. The molecule has 2 aromatic carbocycles. The lowest BCUT2D eigenvalue weighted by atomic mass is 10.1. The van der Waals surface area contributed by atoms with Crippen LogP contribution in [-0.4, -0.2) is 23.3 Å². The Balaban J connectivity index is 1.79. The van der Waals surface area contributed by atoms with E-state index in [1.54, 1.807) is 7.11 Å². The van der Waals surface area contributed by atoms with E-state index in [1.165, 1.54) is 0 Å². The van der Waals surface area contributed by atoms with E-state index in [0.717, 1.165) is 22.4 Å². The number of hydrogen-bond donors (Lipinski definition) is 1. The van der Waals surface area contributed by atoms with Gasteiger partial charge in [0.1, 0.15) is 5.75 Å². The van der Waals surface area contributed by atoms with Gasteiger partial charge in [-0.05, 0) is 46.6 Å². The predicted octanol–water partition coefficient (Wildman–Crippen LogP) is 3.23. The van der Waals surface area contributed by atoms with Gasteiger partial charge in [0, 0.05) is 5.56 Å². The maximum absolute atomic E-state index is 12.2. The van der Waals surface area contributed by atoms with Crippen LogP contribution >= 0.6 is 0 Å². The first-order valence-corrected chi connectivity index (χ1v) is 7.48. The Labute approximate surface area is 139 Å². The molecule has 0 fully saturated rings. The molecule has 6 heteroatoms. The van der Waals surface area contributed by atoms with Gasteiger partial charge in [-0.2, -0.15) is 0 Å². The van der Waals surface area contributed by atoms with E-state index >= 15 is 0 Å². The van der Waals surface area contributed by atoms with Gasteiger partial charge in [0.05, 0.1) is 13.5 Å². The first kappa shape index (κ1) is 15.7. The van der Waals surface area contributed by atoms with Gasteiger partial charge < -0.3 is 10.1 Å². The number of benzene rings is 2. The molecule has 1 N–H and O–H groups in total. The van der Waals surface area contributed by atoms with Crippen molar-refractivity contribution in [2.75, 3.05) is 12.4 Å². The summed E-state index contributed by atoms with van der Waals surface area (Å²) in [5, 5.41) is 10.5. The van der Waals surface area contributed by atoms with E-state index in [-0.39, 0.29) is 12.3 Å². The van der Waals surface area contributed by atoms with Gasteiger partial charge in [0.2, 0.25) is 11.7 Å². The van der Waals surface area contributed by atoms with E-state index in [4.69, 9.17) is 9.37 Å². The Morgan fingerprint density at radius 2 is 1.96 bits per heavy atom. The third-order valence-corrected chi connectivity index (χ3v) is 3.64. The minimum atomic E-state index is -0.177. The fraction of sp³-hybridized carbons (Fsp3) is 0.167. The van der Waals surface area contributed by atoms with Crippen LogP contribution in [0.25, 0.3) is 11.3 Å². The molecule has 3 rings (SSSR count). The SMILES string of the molecule is COc1ccc(-c2nonc2NC(=O)Cc2ccccc2)c(C)c1. The monoisotopic (exact) mass is 323 g/mol. The van der Waals surface area contributed by atoms with Crippen molar-refractivity contribution in [2.45, 2.75) is 13.3 Å². The van der Waals surface area contributed by atoms with Crippen LogP contribution in [0.2, 0.25) is 0 Å². The normalized spacial score (nSPS) is 10.4. The van der Waals surface area contributed by atoms with Crippen molar-refractivity contribution in [2.24, 2.45) is 0 Å². The number of rotatable bonds is 5. The number of nitrogens with zero attached hydrogens (tertiary/aromatic N) is 2. The lowest BCUT2D eigenvalue weighted by Crippen LogP contribution is -2.15. The van der Waals surface area contributed by atoms with Crippen LogP contribution in [0.1, 0.15) is 11.1 Å². The number of amides is 1. The van der Waals surface area contributed by atoms with E-state index in [9.17, 15) is 4.79 Å². The summed E-state index contributed by atoms with van der Waals surface area (Å²) in [6.45, 7) is 1.93. The molecule has 3 aromatic rings. The van der Waals surface area contributed by atoms with Gasteiger partial charge in [0.25, 0.3) is 0 Å². The molecule has 0 radical (unpaired) electrons. The number of nitrogens with one attached hydrogen (secondary N) is 1. The Morgan fingerprint density at radius 3 is 2.67 bits per heavy atom. The van der Waals surface area contributed by atoms with Gasteiger partial charge in [-0.15, -0.1) is 0 Å². The predicted molar refractivity (Wildman–Crippen MR) is 89.8 cm³/mol. The maximum Gasteiger partial charge on any atom is 0.230 e. The summed E-state index contributed by atoms with van der Waals surface area (Å²) >= 11 is 0. The Morgan fingerprint density at radius 1 is 1.17 bits per heavy atom. The molecule has 1 aromatic heterocycles. The second-order valence-electron chi connectivity index (χ2n) is 5.35. The maximum atomic E-state index is 12.2. The molecular formula is C18H17N3O3. The number of carbonyl (C=O) groups is 1. The van der Waals surface area contributed by atoms with Gasteiger partial charge in [-0.25, -0.2) is 4.63 Å². The molecule has 0 aliphatic rings. The smallest absolute Gasteiger partial charge is 0.230 e. The third-order valence-electron chi connectivity index (χ3n) is 3.64. The molecule has 6 nitrogen and oxygen atoms in total. The quantitative estimate of drug-likeness (QED) is 0.780. The van der Waals surface area contributed by atoms with Crippen LogP contribution in [0.3, 0.4) is 0 Å². The number of ether oxygens (including phenoxy) is 1. The highest BCUT2D eigenvalue weighted by Gasteiger charge is 2.17. The molecule has 0 bridgehead atoms. The summed E-state index contributed by atoms with van der Waals surface area (Å²) in [4.78, 5) is 12.2. The zero-order valence-electron chi connectivity index (χ0n) is 13.4. The van der Waals surface area contributed by atoms with E-state index in [2.05, 4.69) is 15.6 Å². The lowest BCUT2D eigenvalue weighted by molar-refractivity contribution is -0.115. The molecule has 0 saturated carbocycles. The molecule has 0 aliphatic carbocycles. The molecule has 0 saturated heterocycles. The van der Waals surface area contributed by atoms with Crippen molar-refractivity contribution in [3.05, 3.63) is 59.7 Å². The minimum Gasteiger partial charge on any atom is -0.497 e. The van der Waals surface area contributed by atoms with Crippen molar-refractivity contribution in [1.82, 2.24) is 10.3 Å². The summed E-state index contributed by atoms with van der Waals surface area (Å²) in [6.07, 6.45) is 0.259. The minimum absolute atomic E-state index is 0.177. The van der Waals surface area contributed by atoms with Crippen LogP contribution in [0.15, 0.2) is 53.2 Å². The number of aromatic nitrogens is 2. The fourth-order valence-corrected chi connectivity index (χ4v) is 2.43. The standard InChI is InChI=1S/C18H17N3O3/c1-12-10-14(23-2)8-9-15(12)17-18(21-24-20-17)19-16(22)11-13-6-4-3-5-7-13/h3-10H,11H2,1-2H3,(H,19,21,22). The molecule has 0 unspecified atom stereocenters. The van der Waals surface area contributed by atoms with Gasteiger partial charge in [-0.3, -0.25) is 4.79 Å². The van der Waals surface area contributed by atoms with Gasteiger partial charge >= 0.3 is 0 Å². The largest absolute Gasteiger partial charge is 0.497 e. The average molecular weight is 323 g/mol. The Hall–Kier alpha value is -3.15. The summed E-state index contributed by atoms with van der Waals surface area (Å²) in [5.41, 5.74) is 3.20. The van der Waals surface area contributed by atoms with Gasteiger partial charge in [0.15, 0.2) is 5.69 Å². The lowest BCUT2D eigenvalue weighted by Gasteiger charge is -2.07. The van der Waals surface area contributed by atoms with Crippen molar-refractivity contribution < 1.29 is 14.2 Å². The Kier molecular flexibility index (Phi) is 4.56. The van der Waals surface area contributed by atoms with Crippen molar-refractivity contribution in [3.8, 4) is 17.0 Å². The fourth-order valence-electron chi connectivity index (χ4n) is 2.43. The summed E-state index contributed by atoms with van der Waals surface area (Å²) in [6, 6.07) is 15.1. The molecule has 0 atom stereocenters. The molecular weight excluding hydrogens is 306 g/mol. The number of anilines is 1. The van der Waals surface area contributed by atoms with E-state index in [0.29, 0.717) is 11.5 Å². The number of carbonyl (C=O) groups excluding carboxylic acids is 1. The first-order chi connectivity index (χ1) is 11.7. The van der Waals surface area contributed by atoms with Crippen molar-refractivity contribution >= 4 is 11.7 Å². The van der Waals surface area contributed by atoms with Crippen LogP contribution in [-0.2, 0) is 11.2 Å². The van der Waals surface area contributed by atoms with E-state index in [1.807, 2.05) is 55.5 Å². The Bertz CT molecular complexity index is 844. The average Bonchev–Trinajstić information content (AvgIpc) is 3.03. The van der Waals surface area contributed by atoms with Crippen LogP contribution in [0, 0.1) is 6.92 Å².